The van der Waals surface area contributed by atoms with Crippen molar-refractivity contribution in [3.8, 4) is 0 Å². The Bertz CT molecular complexity index is 206. The highest BCUT2D eigenvalue weighted by atomic mass is 16.2. The first-order valence-corrected chi connectivity index (χ1v) is 6.48. The Balaban J connectivity index is 2.37. The van der Waals surface area contributed by atoms with Crippen LogP contribution < -0.4 is 10.6 Å². The fourth-order valence-electron chi connectivity index (χ4n) is 2.19. The molecule has 1 heterocycles. The number of rotatable bonds is 5. The first kappa shape index (κ1) is 13.3. The number of hydrogen-bond acceptors (Lipinski definition) is 2. The van der Waals surface area contributed by atoms with Crippen molar-refractivity contribution in [3.05, 3.63) is 0 Å². The number of urea groups is 1. The van der Waals surface area contributed by atoms with Crippen molar-refractivity contribution < 1.29 is 4.79 Å². The van der Waals surface area contributed by atoms with E-state index in [1.807, 2.05) is 11.9 Å². The van der Waals surface area contributed by atoms with Gasteiger partial charge in [-0.2, -0.15) is 0 Å². The van der Waals surface area contributed by atoms with Crippen LogP contribution in [0.5, 0.6) is 0 Å². The Kier molecular flexibility index (Phi) is 6.23. The molecule has 0 aromatic heterocycles. The second-order valence-corrected chi connectivity index (χ2v) is 4.49. The first-order chi connectivity index (χ1) is 7.79. The summed E-state index contributed by atoms with van der Waals surface area (Å²) in [7, 11) is 1.95. The number of carbonyl (C=O) groups excluding carboxylic acids is 1. The van der Waals surface area contributed by atoms with Crippen molar-refractivity contribution in [3.63, 3.8) is 0 Å². The Hall–Kier alpha value is -0.770. The average molecular weight is 227 g/mol. The van der Waals surface area contributed by atoms with Gasteiger partial charge < -0.3 is 15.5 Å². The van der Waals surface area contributed by atoms with Gasteiger partial charge in [-0.25, -0.2) is 4.79 Å². The molecular formula is C12H25N3O. The summed E-state index contributed by atoms with van der Waals surface area (Å²) in [6.07, 6.45) is 5.70. The molecule has 2 amide bonds. The quantitative estimate of drug-likeness (QED) is 0.700. The third-order valence-electron chi connectivity index (χ3n) is 3.13. The summed E-state index contributed by atoms with van der Waals surface area (Å²) < 4.78 is 0. The molecule has 1 atom stereocenters. The van der Waals surface area contributed by atoms with E-state index < -0.39 is 0 Å². The molecule has 0 spiro atoms. The molecule has 0 aromatic carbocycles. The summed E-state index contributed by atoms with van der Waals surface area (Å²) in [6.45, 7) is 4.75. The lowest BCUT2D eigenvalue weighted by Gasteiger charge is -2.35. The van der Waals surface area contributed by atoms with Crippen LogP contribution in [-0.4, -0.2) is 43.7 Å². The molecule has 4 nitrogen and oxygen atoms in total. The molecule has 4 heteroatoms. The van der Waals surface area contributed by atoms with Gasteiger partial charge in [-0.15, -0.1) is 0 Å². The van der Waals surface area contributed by atoms with Crippen molar-refractivity contribution in [2.45, 2.75) is 45.1 Å². The fourth-order valence-corrected chi connectivity index (χ4v) is 2.19. The molecule has 0 aromatic rings. The van der Waals surface area contributed by atoms with Crippen molar-refractivity contribution in [1.82, 2.24) is 15.5 Å². The molecule has 2 N–H and O–H groups in total. The van der Waals surface area contributed by atoms with Crippen molar-refractivity contribution in [2.75, 3.05) is 26.7 Å². The first-order valence-electron chi connectivity index (χ1n) is 6.48. The average Bonchev–Trinajstić information content (AvgIpc) is 2.30. The third-order valence-corrected chi connectivity index (χ3v) is 3.13. The zero-order valence-corrected chi connectivity index (χ0v) is 10.6. The van der Waals surface area contributed by atoms with E-state index in [-0.39, 0.29) is 6.03 Å². The van der Waals surface area contributed by atoms with E-state index in [0.717, 1.165) is 45.3 Å². The van der Waals surface area contributed by atoms with E-state index in [4.69, 9.17) is 0 Å². The van der Waals surface area contributed by atoms with Crippen LogP contribution in [0.25, 0.3) is 0 Å². The van der Waals surface area contributed by atoms with E-state index in [9.17, 15) is 4.79 Å². The second kappa shape index (κ2) is 7.49. The van der Waals surface area contributed by atoms with E-state index in [1.54, 1.807) is 0 Å². The maximum absolute atomic E-state index is 11.9. The zero-order chi connectivity index (χ0) is 11.8. The van der Waals surface area contributed by atoms with Crippen LogP contribution >= 0.6 is 0 Å². The Morgan fingerprint density at radius 1 is 1.44 bits per heavy atom. The van der Waals surface area contributed by atoms with Gasteiger partial charge in [-0.05, 0) is 32.7 Å². The summed E-state index contributed by atoms with van der Waals surface area (Å²) in [5, 5.41) is 6.17. The monoisotopic (exact) mass is 227 g/mol. The number of carbonyl (C=O) groups is 1. The molecule has 0 aliphatic carbocycles. The second-order valence-electron chi connectivity index (χ2n) is 4.49. The Morgan fingerprint density at radius 2 is 2.25 bits per heavy atom. The SMILES string of the molecule is CCCCNC(=O)N1CCCCC1CNC. The lowest BCUT2D eigenvalue weighted by molar-refractivity contribution is 0.150. The number of piperidine rings is 1. The van der Waals surface area contributed by atoms with Crippen LogP contribution in [0.2, 0.25) is 0 Å². The van der Waals surface area contributed by atoms with E-state index >= 15 is 0 Å². The highest BCUT2D eigenvalue weighted by Gasteiger charge is 2.25. The number of likely N-dealkylation sites (tertiary alicyclic amines) is 1. The summed E-state index contributed by atoms with van der Waals surface area (Å²) in [4.78, 5) is 13.9. The third kappa shape index (κ3) is 4.00. The van der Waals surface area contributed by atoms with Gasteiger partial charge in [0.15, 0.2) is 0 Å². The summed E-state index contributed by atoms with van der Waals surface area (Å²) >= 11 is 0. The Labute approximate surface area is 98.8 Å². The minimum atomic E-state index is 0.119. The Morgan fingerprint density at radius 3 is 2.94 bits per heavy atom. The predicted molar refractivity (Wildman–Crippen MR) is 66.6 cm³/mol. The van der Waals surface area contributed by atoms with Gasteiger partial charge in [-0.3, -0.25) is 0 Å². The van der Waals surface area contributed by atoms with Crippen LogP contribution in [0.3, 0.4) is 0 Å². The number of amides is 2. The number of unbranched alkanes of at least 4 members (excludes halogenated alkanes) is 1. The maximum Gasteiger partial charge on any atom is 0.317 e. The molecular weight excluding hydrogens is 202 g/mol. The highest BCUT2D eigenvalue weighted by Crippen LogP contribution is 2.16. The summed E-state index contributed by atoms with van der Waals surface area (Å²) in [5.74, 6) is 0. The smallest absolute Gasteiger partial charge is 0.317 e. The van der Waals surface area contributed by atoms with E-state index in [0.29, 0.717) is 6.04 Å². The number of nitrogens with one attached hydrogen (secondary N) is 2. The summed E-state index contributed by atoms with van der Waals surface area (Å²) in [5.41, 5.74) is 0. The van der Waals surface area contributed by atoms with Crippen molar-refractivity contribution in [1.29, 1.82) is 0 Å². The molecule has 1 saturated heterocycles. The minimum Gasteiger partial charge on any atom is -0.338 e. The lowest BCUT2D eigenvalue weighted by Crippen LogP contribution is -2.51. The van der Waals surface area contributed by atoms with Crippen LogP contribution in [0.1, 0.15) is 39.0 Å². The van der Waals surface area contributed by atoms with Gasteiger partial charge in [0, 0.05) is 25.7 Å². The van der Waals surface area contributed by atoms with Gasteiger partial charge in [0.1, 0.15) is 0 Å². The van der Waals surface area contributed by atoms with Crippen LogP contribution in [0.15, 0.2) is 0 Å². The van der Waals surface area contributed by atoms with Crippen molar-refractivity contribution in [2.24, 2.45) is 0 Å². The molecule has 0 bridgehead atoms. The highest BCUT2D eigenvalue weighted by molar-refractivity contribution is 5.74. The lowest BCUT2D eigenvalue weighted by atomic mass is 10.0. The molecule has 94 valence electrons. The maximum atomic E-state index is 11.9. The number of nitrogens with zero attached hydrogens (tertiary/aromatic N) is 1. The fraction of sp³-hybridized carbons (Fsp3) is 0.917. The number of likely N-dealkylation sites (N-methyl/N-ethyl adjacent to an activating group) is 1. The van der Waals surface area contributed by atoms with Gasteiger partial charge in [0.25, 0.3) is 0 Å². The van der Waals surface area contributed by atoms with Gasteiger partial charge >= 0.3 is 6.03 Å². The topological polar surface area (TPSA) is 44.4 Å². The molecule has 0 saturated carbocycles. The van der Waals surface area contributed by atoms with Gasteiger partial charge in [0.2, 0.25) is 0 Å². The molecule has 1 fully saturated rings. The van der Waals surface area contributed by atoms with Gasteiger partial charge in [-0.1, -0.05) is 13.3 Å². The van der Waals surface area contributed by atoms with Crippen molar-refractivity contribution >= 4 is 6.03 Å². The number of hydrogen-bond donors (Lipinski definition) is 2. The van der Waals surface area contributed by atoms with Crippen LogP contribution in [0.4, 0.5) is 4.79 Å². The normalized spacial score (nSPS) is 20.9. The van der Waals surface area contributed by atoms with E-state index in [2.05, 4.69) is 17.6 Å². The van der Waals surface area contributed by atoms with Gasteiger partial charge in [0.05, 0.1) is 0 Å². The standard InChI is InChI=1S/C12H25N3O/c1-3-4-8-14-12(16)15-9-6-5-7-11(15)10-13-2/h11,13H,3-10H2,1-2H3,(H,14,16). The van der Waals surface area contributed by atoms with Crippen LogP contribution in [0, 0.1) is 0 Å². The molecule has 16 heavy (non-hydrogen) atoms. The molecule has 0 radical (unpaired) electrons. The molecule has 1 aliphatic rings. The predicted octanol–water partition coefficient (Wildman–Crippen LogP) is 1.57. The summed E-state index contributed by atoms with van der Waals surface area (Å²) in [6, 6.07) is 0.494. The van der Waals surface area contributed by atoms with E-state index in [1.165, 1.54) is 6.42 Å². The largest absolute Gasteiger partial charge is 0.338 e. The molecule has 1 aliphatic heterocycles. The molecule has 1 rings (SSSR count). The zero-order valence-electron chi connectivity index (χ0n) is 10.6. The molecule has 1 unspecified atom stereocenters. The minimum absolute atomic E-state index is 0.119. The van der Waals surface area contributed by atoms with Crippen LogP contribution in [-0.2, 0) is 0 Å².